The normalized spacial score (nSPS) is 11.0. The van der Waals surface area contributed by atoms with E-state index in [9.17, 15) is 9.59 Å². The summed E-state index contributed by atoms with van der Waals surface area (Å²) in [7, 11) is 3.97. The third-order valence-corrected chi connectivity index (χ3v) is 7.62. The number of benzene rings is 3. The first-order valence-corrected chi connectivity index (χ1v) is 14.7. The molecule has 0 saturated heterocycles. The maximum absolute atomic E-state index is 12.9. The third-order valence-electron chi connectivity index (χ3n) is 7.62. The lowest BCUT2D eigenvalue weighted by atomic mass is 10.0. The Morgan fingerprint density at radius 2 is 1.30 bits per heavy atom. The molecule has 0 fully saturated rings. The molecule has 0 saturated carbocycles. The molecule has 0 radical (unpaired) electrons. The molecule has 44 heavy (non-hydrogen) atoms. The molecule has 0 bridgehead atoms. The molecule has 224 valence electrons. The van der Waals surface area contributed by atoms with E-state index >= 15 is 0 Å². The predicted molar refractivity (Wildman–Crippen MR) is 178 cm³/mol. The molecule has 0 unspecified atom stereocenters. The van der Waals surface area contributed by atoms with Gasteiger partial charge in [-0.1, -0.05) is 30.3 Å². The van der Waals surface area contributed by atoms with Crippen LogP contribution in [0, 0.1) is 0 Å². The summed E-state index contributed by atoms with van der Waals surface area (Å²) in [6.07, 6.45) is 3.66. The number of rotatable bonds is 13. The van der Waals surface area contributed by atoms with Crippen molar-refractivity contribution in [3.05, 3.63) is 126 Å². The molecule has 5 rings (SSSR count). The summed E-state index contributed by atoms with van der Waals surface area (Å²) in [6.45, 7) is 4.91. The van der Waals surface area contributed by atoms with Crippen molar-refractivity contribution >= 4 is 39.5 Å². The van der Waals surface area contributed by atoms with E-state index in [2.05, 4.69) is 32.1 Å². The molecule has 2 heterocycles. The zero-order valence-electron chi connectivity index (χ0n) is 25.5. The second kappa shape index (κ2) is 14.4. The highest BCUT2D eigenvalue weighted by molar-refractivity contribution is 5.99. The fraction of sp³-hybridized carbons (Fsp3) is 0.222. The van der Waals surface area contributed by atoms with Gasteiger partial charge in [0.25, 0.3) is 0 Å². The molecule has 8 nitrogen and oxygen atoms in total. The van der Waals surface area contributed by atoms with Crippen molar-refractivity contribution in [2.75, 3.05) is 48.8 Å². The Labute approximate surface area is 259 Å². The van der Waals surface area contributed by atoms with Crippen molar-refractivity contribution in [2.24, 2.45) is 0 Å². The molecule has 0 spiro atoms. The molecule has 1 amide bonds. The van der Waals surface area contributed by atoms with Gasteiger partial charge in [-0.3, -0.25) is 24.5 Å². The number of aromatic nitrogens is 2. The number of anilines is 3. The molecule has 3 aromatic carbocycles. The number of ketones is 1. The van der Waals surface area contributed by atoms with Gasteiger partial charge in [-0.25, -0.2) is 0 Å². The van der Waals surface area contributed by atoms with Crippen LogP contribution in [-0.4, -0.2) is 60.3 Å². The number of fused-ring (bicyclic) bond motifs is 1. The molecule has 0 atom stereocenters. The standard InChI is InChI=1S/C36H38N6O2/c1-27(43)28-10-11-30-23-35(15-12-29(30)22-28)41(3)26-36(44)39-31-13-16-34(17-14-31)40(2)20-21-42(24-32-8-4-6-18-37-32)25-33-9-5-7-19-38-33/h4-19,22-23H,20-21,24-26H2,1-3H3,(H,39,44). The second-order valence-electron chi connectivity index (χ2n) is 11.0. The van der Waals surface area contributed by atoms with E-state index in [4.69, 9.17) is 0 Å². The maximum Gasteiger partial charge on any atom is 0.243 e. The quantitative estimate of drug-likeness (QED) is 0.168. The second-order valence-corrected chi connectivity index (χ2v) is 11.0. The number of carbonyl (C=O) groups excluding carboxylic acids is 2. The van der Waals surface area contributed by atoms with Crippen molar-refractivity contribution in [1.82, 2.24) is 14.9 Å². The average Bonchev–Trinajstić information content (AvgIpc) is 3.04. The van der Waals surface area contributed by atoms with Gasteiger partial charge in [-0.2, -0.15) is 0 Å². The molecular formula is C36H38N6O2. The first-order valence-electron chi connectivity index (χ1n) is 14.7. The molecule has 2 aromatic heterocycles. The average molecular weight is 587 g/mol. The van der Waals surface area contributed by atoms with Gasteiger partial charge in [-0.05, 0) is 84.4 Å². The molecule has 1 N–H and O–H groups in total. The monoisotopic (exact) mass is 586 g/mol. The lowest BCUT2D eigenvalue weighted by molar-refractivity contribution is -0.114. The highest BCUT2D eigenvalue weighted by Gasteiger charge is 2.12. The minimum Gasteiger partial charge on any atom is -0.373 e. The number of Topliss-reactive ketones (excluding diaryl/α,β-unsaturated/α-hetero) is 1. The van der Waals surface area contributed by atoms with E-state index in [0.29, 0.717) is 5.56 Å². The first kappa shape index (κ1) is 30.4. The van der Waals surface area contributed by atoms with E-state index in [1.165, 1.54) is 0 Å². The van der Waals surface area contributed by atoms with Crippen LogP contribution < -0.4 is 15.1 Å². The Kier molecular flexibility index (Phi) is 9.94. The summed E-state index contributed by atoms with van der Waals surface area (Å²) in [5.74, 6) is -0.0513. The molecule has 0 aliphatic heterocycles. The van der Waals surface area contributed by atoms with Gasteiger partial charge < -0.3 is 15.1 Å². The lowest BCUT2D eigenvalue weighted by Crippen LogP contribution is -2.33. The van der Waals surface area contributed by atoms with Crippen LogP contribution in [0.25, 0.3) is 10.8 Å². The fourth-order valence-electron chi connectivity index (χ4n) is 5.07. The summed E-state index contributed by atoms with van der Waals surface area (Å²) in [4.78, 5) is 40.1. The number of carbonyl (C=O) groups is 2. The summed E-state index contributed by atoms with van der Waals surface area (Å²) in [5.41, 5.74) is 5.50. The van der Waals surface area contributed by atoms with Crippen LogP contribution in [0.5, 0.6) is 0 Å². The summed E-state index contributed by atoms with van der Waals surface area (Å²) < 4.78 is 0. The van der Waals surface area contributed by atoms with E-state index < -0.39 is 0 Å². The minimum atomic E-state index is -0.0969. The first-order chi connectivity index (χ1) is 21.3. The van der Waals surface area contributed by atoms with E-state index in [-0.39, 0.29) is 18.2 Å². The number of amides is 1. The number of likely N-dealkylation sites (N-methyl/N-ethyl adjacent to an activating group) is 2. The number of hydrogen-bond acceptors (Lipinski definition) is 7. The van der Waals surface area contributed by atoms with Gasteiger partial charge in [0.1, 0.15) is 0 Å². The zero-order valence-corrected chi connectivity index (χ0v) is 25.5. The van der Waals surface area contributed by atoms with Crippen LogP contribution in [-0.2, 0) is 17.9 Å². The highest BCUT2D eigenvalue weighted by Crippen LogP contribution is 2.23. The van der Waals surface area contributed by atoms with Crippen LogP contribution in [0.2, 0.25) is 0 Å². The maximum atomic E-state index is 12.9. The smallest absolute Gasteiger partial charge is 0.243 e. The highest BCUT2D eigenvalue weighted by atomic mass is 16.2. The third kappa shape index (κ3) is 8.26. The van der Waals surface area contributed by atoms with Crippen LogP contribution in [0.1, 0.15) is 28.7 Å². The number of hydrogen-bond donors (Lipinski definition) is 1. The van der Waals surface area contributed by atoms with Gasteiger partial charge in [0.05, 0.1) is 17.9 Å². The Bertz CT molecular complexity index is 1650. The van der Waals surface area contributed by atoms with Crippen LogP contribution in [0.15, 0.2) is 109 Å². The number of nitrogens with zero attached hydrogens (tertiary/aromatic N) is 5. The summed E-state index contributed by atoms with van der Waals surface area (Å²) >= 11 is 0. The Hall–Kier alpha value is -5.08. The van der Waals surface area contributed by atoms with E-state index in [0.717, 1.165) is 65.4 Å². The molecule has 5 aromatic rings. The topological polar surface area (TPSA) is 81.7 Å². The van der Waals surface area contributed by atoms with Gasteiger partial charge >= 0.3 is 0 Å². The lowest BCUT2D eigenvalue weighted by Gasteiger charge is -2.26. The Morgan fingerprint density at radius 3 is 1.91 bits per heavy atom. The van der Waals surface area contributed by atoms with Gasteiger partial charge in [0.15, 0.2) is 5.78 Å². The van der Waals surface area contributed by atoms with Crippen LogP contribution >= 0.6 is 0 Å². The predicted octanol–water partition coefficient (Wildman–Crippen LogP) is 6.05. The van der Waals surface area contributed by atoms with Crippen molar-refractivity contribution in [3.63, 3.8) is 0 Å². The van der Waals surface area contributed by atoms with Crippen molar-refractivity contribution in [3.8, 4) is 0 Å². The van der Waals surface area contributed by atoms with E-state index in [1.54, 1.807) is 6.92 Å². The molecule has 0 aliphatic carbocycles. The van der Waals surface area contributed by atoms with Gasteiger partial charge in [0, 0.05) is 75.3 Å². The SMILES string of the molecule is CC(=O)c1ccc2cc(N(C)CC(=O)Nc3ccc(N(C)CCN(Cc4ccccn4)Cc4ccccn4)cc3)ccc2c1. The summed E-state index contributed by atoms with van der Waals surface area (Å²) in [5, 5.41) is 5.03. The Morgan fingerprint density at radius 1 is 0.682 bits per heavy atom. The number of nitrogens with one attached hydrogen (secondary N) is 1. The minimum absolute atomic E-state index is 0.0456. The molecule has 8 heteroatoms. The fourth-order valence-corrected chi connectivity index (χ4v) is 5.07. The van der Waals surface area contributed by atoms with Crippen molar-refractivity contribution < 1.29 is 9.59 Å². The number of pyridine rings is 2. The zero-order chi connectivity index (χ0) is 30.9. The summed E-state index contributed by atoms with van der Waals surface area (Å²) in [6, 6.07) is 31.6. The van der Waals surface area contributed by atoms with E-state index in [1.807, 2.05) is 121 Å². The Balaban J connectivity index is 1.14. The van der Waals surface area contributed by atoms with Gasteiger partial charge in [0.2, 0.25) is 5.91 Å². The van der Waals surface area contributed by atoms with Crippen LogP contribution in [0.3, 0.4) is 0 Å². The van der Waals surface area contributed by atoms with Crippen LogP contribution in [0.4, 0.5) is 17.1 Å². The largest absolute Gasteiger partial charge is 0.373 e. The molecular weight excluding hydrogens is 548 g/mol. The van der Waals surface area contributed by atoms with Crippen molar-refractivity contribution in [1.29, 1.82) is 0 Å². The van der Waals surface area contributed by atoms with Crippen molar-refractivity contribution in [2.45, 2.75) is 20.0 Å². The molecule has 0 aliphatic rings. The van der Waals surface area contributed by atoms with Gasteiger partial charge in [-0.15, -0.1) is 0 Å².